The smallest absolute Gasteiger partial charge is 0.342 e. The lowest BCUT2D eigenvalue weighted by atomic mass is 10.1. The maximum atomic E-state index is 12.8. The van der Waals surface area contributed by atoms with Crippen molar-refractivity contribution < 1.29 is 17.6 Å². The second-order valence-electron chi connectivity index (χ2n) is 8.12. The van der Waals surface area contributed by atoms with Crippen molar-refractivity contribution in [3.63, 3.8) is 0 Å². The highest BCUT2D eigenvalue weighted by Gasteiger charge is 2.32. The van der Waals surface area contributed by atoms with Gasteiger partial charge in [0.1, 0.15) is 12.4 Å². The molecule has 0 radical (unpaired) electrons. The zero-order chi connectivity index (χ0) is 23.2. The standard InChI is InChI=1S/C24H20F4N4O/c25-7-10-30-14-20(15-30)31-8-6-17-11-19(2-3-21(17)31)32-9-5-16(12-23(32)33)18-1-4-22(29-13-18)24(26,27)28/h1-6,8-9,11-13,20H,7,10,14-15H2. The van der Waals surface area contributed by atoms with Crippen LogP contribution in [-0.4, -0.2) is 45.3 Å². The van der Waals surface area contributed by atoms with Gasteiger partial charge in [0.25, 0.3) is 5.56 Å². The molecular formula is C24H20F4N4O. The Morgan fingerprint density at radius 3 is 2.45 bits per heavy atom. The molecule has 1 aromatic carbocycles. The van der Waals surface area contributed by atoms with Crippen LogP contribution in [0.4, 0.5) is 17.6 Å². The molecule has 0 unspecified atom stereocenters. The molecule has 0 amide bonds. The molecule has 33 heavy (non-hydrogen) atoms. The monoisotopic (exact) mass is 456 g/mol. The maximum Gasteiger partial charge on any atom is 0.433 e. The van der Waals surface area contributed by atoms with Gasteiger partial charge in [-0.15, -0.1) is 0 Å². The topological polar surface area (TPSA) is 43.1 Å². The van der Waals surface area contributed by atoms with Gasteiger partial charge in [0.2, 0.25) is 0 Å². The molecule has 0 aliphatic carbocycles. The summed E-state index contributed by atoms with van der Waals surface area (Å²) >= 11 is 0. The highest BCUT2D eigenvalue weighted by atomic mass is 19.4. The minimum atomic E-state index is -4.51. The third-order valence-electron chi connectivity index (χ3n) is 6.02. The van der Waals surface area contributed by atoms with Gasteiger partial charge >= 0.3 is 6.18 Å². The van der Waals surface area contributed by atoms with Crippen molar-refractivity contribution >= 4 is 10.9 Å². The fourth-order valence-electron chi connectivity index (χ4n) is 4.24. The fourth-order valence-corrected chi connectivity index (χ4v) is 4.24. The molecule has 1 aliphatic heterocycles. The molecule has 4 aromatic rings. The molecule has 4 heterocycles. The van der Waals surface area contributed by atoms with E-state index >= 15 is 0 Å². The molecule has 5 nitrogen and oxygen atoms in total. The summed E-state index contributed by atoms with van der Waals surface area (Å²) in [6.07, 6.45) is 0.224. The molecule has 1 saturated heterocycles. The van der Waals surface area contributed by atoms with Gasteiger partial charge in [-0.05, 0) is 42.0 Å². The fraction of sp³-hybridized carbons (Fsp3) is 0.250. The predicted octanol–water partition coefficient (Wildman–Crippen LogP) is 4.70. The molecule has 1 fully saturated rings. The van der Waals surface area contributed by atoms with Crippen LogP contribution in [0.3, 0.4) is 0 Å². The number of nitrogens with zero attached hydrogens (tertiary/aromatic N) is 4. The third-order valence-corrected chi connectivity index (χ3v) is 6.02. The Hall–Kier alpha value is -3.46. The number of halogens is 4. The SMILES string of the molecule is O=c1cc(-c2ccc(C(F)(F)F)nc2)ccn1-c1ccc2c(ccn2C2CN(CCF)C2)c1. The molecule has 9 heteroatoms. The van der Waals surface area contributed by atoms with Gasteiger partial charge in [0.15, 0.2) is 0 Å². The van der Waals surface area contributed by atoms with Crippen molar-refractivity contribution in [1.82, 2.24) is 19.0 Å². The predicted molar refractivity (Wildman–Crippen MR) is 117 cm³/mol. The molecule has 0 saturated carbocycles. The maximum absolute atomic E-state index is 12.8. The zero-order valence-electron chi connectivity index (χ0n) is 17.5. The van der Waals surface area contributed by atoms with Gasteiger partial charge in [0, 0.05) is 66.4 Å². The summed E-state index contributed by atoms with van der Waals surface area (Å²) in [4.78, 5) is 18.3. The number of hydrogen-bond acceptors (Lipinski definition) is 3. The lowest BCUT2D eigenvalue weighted by Crippen LogP contribution is -2.48. The van der Waals surface area contributed by atoms with Gasteiger partial charge in [-0.3, -0.25) is 19.2 Å². The van der Waals surface area contributed by atoms with E-state index in [4.69, 9.17) is 0 Å². The number of benzene rings is 1. The molecule has 1 aliphatic rings. The van der Waals surface area contributed by atoms with Crippen LogP contribution in [0.5, 0.6) is 0 Å². The number of hydrogen-bond donors (Lipinski definition) is 0. The molecule has 0 spiro atoms. The van der Waals surface area contributed by atoms with Gasteiger partial charge in [-0.1, -0.05) is 6.07 Å². The molecule has 0 bridgehead atoms. The quantitative estimate of drug-likeness (QED) is 0.409. The number of likely N-dealkylation sites (tertiary alicyclic amines) is 1. The molecular weight excluding hydrogens is 436 g/mol. The normalized spacial score (nSPS) is 15.2. The minimum absolute atomic E-state index is 0.299. The minimum Gasteiger partial charge on any atom is -0.342 e. The van der Waals surface area contributed by atoms with E-state index in [1.54, 1.807) is 12.3 Å². The van der Waals surface area contributed by atoms with Crippen molar-refractivity contribution in [3.8, 4) is 16.8 Å². The zero-order valence-corrected chi connectivity index (χ0v) is 17.5. The summed E-state index contributed by atoms with van der Waals surface area (Å²) in [5.74, 6) is 0. The Balaban J connectivity index is 1.39. The first-order chi connectivity index (χ1) is 15.8. The molecule has 0 N–H and O–H groups in total. The van der Waals surface area contributed by atoms with Gasteiger partial charge in [0.05, 0.1) is 6.04 Å². The van der Waals surface area contributed by atoms with E-state index in [1.165, 1.54) is 16.7 Å². The average molecular weight is 456 g/mol. The summed E-state index contributed by atoms with van der Waals surface area (Å²) in [6, 6.07) is 13.3. The Kier molecular flexibility index (Phi) is 5.28. The van der Waals surface area contributed by atoms with Gasteiger partial charge in [-0.2, -0.15) is 13.2 Å². The summed E-state index contributed by atoms with van der Waals surface area (Å²) in [7, 11) is 0. The molecule has 170 valence electrons. The van der Waals surface area contributed by atoms with E-state index in [-0.39, 0.29) is 12.2 Å². The number of rotatable bonds is 5. The van der Waals surface area contributed by atoms with E-state index in [2.05, 4.69) is 14.5 Å². The van der Waals surface area contributed by atoms with Crippen LogP contribution >= 0.6 is 0 Å². The Labute approximate surface area is 186 Å². The van der Waals surface area contributed by atoms with Crippen LogP contribution in [0, 0.1) is 0 Å². The van der Waals surface area contributed by atoms with Crippen molar-refractivity contribution in [1.29, 1.82) is 0 Å². The molecule has 3 aromatic heterocycles. The first kappa shape index (κ1) is 21.4. The highest BCUT2D eigenvalue weighted by molar-refractivity contribution is 5.82. The summed E-state index contributed by atoms with van der Waals surface area (Å²) in [5, 5.41) is 0.986. The summed E-state index contributed by atoms with van der Waals surface area (Å²) in [6.45, 7) is 1.75. The van der Waals surface area contributed by atoms with Gasteiger partial charge < -0.3 is 4.57 Å². The van der Waals surface area contributed by atoms with Crippen molar-refractivity contribution in [2.24, 2.45) is 0 Å². The summed E-state index contributed by atoms with van der Waals surface area (Å²) in [5.41, 5.74) is 1.39. The number of alkyl halides is 4. The largest absolute Gasteiger partial charge is 0.433 e. The number of aromatic nitrogens is 3. The number of pyridine rings is 2. The number of fused-ring (bicyclic) bond motifs is 1. The van der Waals surface area contributed by atoms with Crippen molar-refractivity contribution in [3.05, 3.63) is 83.2 Å². The lowest BCUT2D eigenvalue weighted by molar-refractivity contribution is -0.141. The van der Waals surface area contributed by atoms with E-state index in [1.807, 2.05) is 30.5 Å². The van der Waals surface area contributed by atoms with Gasteiger partial charge in [-0.25, -0.2) is 4.39 Å². The van der Waals surface area contributed by atoms with E-state index in [0.717, 1.165) is 36.3 Å². The Morgan fingerprint density at radius 2 is 1.79 bits per heavy atom. The van der Waals surface area contributed by atoms with Crippen molar-refractivity contribution in [2.45, 2.75) is 12.2 Å². The molecule has 0 atom stereocenters. The summed E-state index contributed by atoms with van der Waals surface area (Å²) < 4.78 is 54.3. The van der Waals surface area contributed by atoms with Crippen LogP contribution in [0.1, 0.15) is 11.7 Å². The van der Waals surface area contributed by atoms with E-state index < -0.39 is 11.9 Å². The van der Waals surface area contributed by atoms with E-state index in [9.17, 15) is 22.4 Å². The Morgan fingerprint density at radius 1 is 0.970 bits per heavy atom. The first-order valence-electron chi connectivity index (χ1n) is 10.5. The Bertz CT molecular complexity index is 1350. The van der Waals surface area contributed by atoms with Crippen molar-refractivity contribution in [2.75, 3.05) is 26.3 Å². The highest BCUT2D eigenvalue weighted by Crippen LogP contribution is 2.30. The lowest BCUT2D eigenvalue weighted by Gasteiger charge is -2.39. The molecule has 5 rings (SSSR count). The third kappa shape index (κ3) is 4.04. The van der Waals surface area contributed by atoms with Crippen LogP contribution < -0.4 is 5.56 Å². The van der Waals surface area contributed by atoms with Crippen LogP contribution in [-0.2, 0) is 6.18 Å². The average Bonchev–Trinajstić information content (AvgIpc) is 3.18. The second-order valence-corrected chi connectivity index (χ2v) is 8.12. The van der Waals surface area contributed by atoms with Crippen LogP contribution in [0.15, 0.2) is 71.9 Å². The van der Waals surface area contributed by atoms with E-state index in [0.29, 0.717) is 29.4 Å². The van der Waals surface area contributed by atoms with Crippen LogP contribution in [0.25, 0.3) is 27.7 Å². The van der Waals surface area contributed by atoms with Crippen LogP contribution in [0.2, 0.25) is 0 Å². The first-order valence-corrected chi connectivity index (χ1v) is 10.5. The second kappa shape index (κ2) is 8.15.